The summed E-state index contributed by atoms with van der Waals surface area (Å²) in [6.45, 7) is 2.94. The first kappa shape index (κ1) is 13.1. The van der Waals surface area contributed by atoms with E-state index in [4.69, 9.17) is 4.74 Å². The number of rotatable bonds is 6. The molecule has 0 radical (unpaired) electrons. The number of ether oxygens (including phenoxy) is 1. The molecule has 3 rings (SSSR count). The van der Waals surface area contributed by atoms with Crippen molar-refractivity contribution in [1.82, 2.24) is 9.97 Å². The monoisotopic (exact) mass is 268 g/mol. The molecule has 2 aromatic rings. The number of benzene rings is 1. The molecule has 1 aliphatic carbocycles. The number of hydrogen-bond acceptors (Lipinski definition) is 3. The molecule has 1 fully saturated rings. The summed E-state index contributed by atoms with van der Waals surface area (Å²) < 4.78 is 5.66. The first-order valence-electron chi connectivity index (χ1n) is 7.42. The van der Waals surface area contributed by atoms with Crippen LogP contribution in [-0.2, 0) is 0 Å². The fraction of sp³-hybridized carbons (Fsp3) is 0.412. The van der Waals surface area contributed by atoms with E-state index < -0.39 is 0 Å². The Morgan fingerprint density at radius 1 is 1.10 bits per heavy atom. The molecule has 0 unspecified atom stereocenters. The normalized spacial score (nSPS) is 14.2. The zero-order valence-corrected chi connectivity index (χ0v) is 11.9. The molecule has 3 nitrogen and oxygen atoms in total. The second-order valence-corrected chi connectivity index (χ2v) is 5.34. The second kappa shape index (κ2) is 6.04. The van der Waals surface area contributed by atoms with Crippen LogP contribution in [0.2, 0.25) is 0 Å². The molecule has 1 aliphatic rings. The summed E-state index contributed by atoms with van der Waals surface area (Å²) >= 11 is 0. The summed E-state index contributed by atoms with van der Waals surface area (Å²) in [4.78, 5) is 8.93. The Hall–Kier alpha value is -1.90. The van der Waals surface area contributed by atoms with Gasteiger partial charge in [-0.2, -0.15) is 0 Å². The first-order chi connectivity index (χ1) is 9.86. The van der Waals surface area contributed by atoms with Crippen LogP contribution < -0.4 is 4.74 Å². The predicted molar refractivity (Wildman–Crippen MR) is 79.8 cm³/mol. The van der Waals surface area contributed by atoms with E-state index in [2.05, 4.69) is 16.9 Å². The summed E-state index contributed by atoms with van der Waals surface area (Å²) in [5, 5.41) is 0. The smallest absolute Gasteiger partial charge is 0.159 e. The Balaban J connectivity index is 1.66. The van der Waals surface area contributed by atoms with E-state index in [1.807, 2.05) is 36.7 Å². The van der Waals surface area contributed by atoms with Gasteiger partial charge in [0.2, 0.25) is 0 Å². The minimum absolute atomic E-state index is 0.707. The third kappa shape index (κ3) is 3.16. The van der Waals surface area contributed by atoms with Gasteiger partial charge in [0.25, 0.3) is 0 Å². The fourth-order valence-corrected chi connectivity index (χ4v) is 2.15. The Morgan fingerprint density at radius 3 is 2.40 bits per heavy atom. The minimum Gasteiger partial charge on any atom is -0.494 e. The van der Waals surface area contributed by atoms with Gasteiger partial charge in [0.1, 0.15) is 5.75 Å². The minimum atomic E-state index is 0.707. The standard InChI is InChI=1S/C17H20N2O/c1-2-3-10-20-16-8-6-14(7-9-16)17-18-11-15(12-19-17)13-4-5-13/h6-9,11-13H,2-5,10H2,1H3. The number of aromatic nitrogens is 2. The third-order valence-electron chi connectivity index (χ3n) is 3.60. The van der Waals surface area contributed by atoms with E-state index in [1.165, 1.54) is 18.4 Å². The van der Waals surface area contributed by atoms with Gasteiger partial charge in [0, 0.05) is 18.0 Å². The highest BCUT2D eigenvalue weighted by molar-refractivity contribution is 5.56. The third-order valence-corrected chi connectivity index (χ3v) is 3.60. The van der Waals surface area contributed by atoms with Gasteiger partial charge in [0.15, 0.2) is 5.82 Å². The lowest BCUT2D eigenvalue weighted by atomic mass is 10.2. The molecule has 0 aliphatic heterocycles. The van der Waals surface area contributed by atoms with E-state index >= 15 is 0 Å². The lowest BCUT2D eigenvalue weighted by molar-refractivity contribution is 0.309. The topological polar surface area (TPSA) is 35.0 Å². The highest BCUT2D eigenvalue weighted by Crippen LogP contribution is 2.39. The van der Waals surface area contributed by atoms with Crippen molar-refractivity contribution in [1.29, 1.82) is 0 Å². The number of nitrogens with zero attached hydrogens (tertiary/aromatic N) is 2. The number of hydrogen-bond donors (Lipinski definition) is 0. The van der Waals surface area contributed by atoms with Gasteiger partial charge >= 0.3 is 0 Å². The Kier molecular flexibility index (Phi) is 3.95. The fourth-order valence-electron chi connectivity index (χ4n) is 2.15. The molecule has 0 spiro atoms. The average Bonchev–Trinajstić information content (AvgIpc) is 3.33. The largest absolute Gasteiger partial charge is 0.494 e. The molecule has 0 saturated heterocycles. The molecule has 0 N–H and O–H groups in total. The van der Waals surface area contributed by atoms with Crippen LogP contribution in [-0.4, -0.2) is 16.6 Å². The highest BCUT2D eigenvalue weighted by Gasteiger charge is 2.24. The van der Waals surface area contributed by atoms with E-state index in [0.717, 1.165) is 36.6 Å². The van der Waals surface area contributed by atoms with Crippen LogP contribution in [0.3, 0.4) is 0 Å². The van der Waals surface area contributed by atoms with Gasteiger partial charge in [-0.15, -0.1) is 0 Å². The molecule has 0 atom stereocenters. The quantitative estimate of drug-likeness (QED) is 0.736. The maximum absolute atomic E-state index is 5.66. The molecule has 0 amide bonds. The first-order valence-corrected chi connectivity index (χ1v) is 7.42. The second-order valence-electron chi connectivity index (χ2n) is 5.34. The van der Waals surface area contributed by atoms with Gasteiger partial charge in [-0.1, -0.05) is 13.3 Å². The van der Waals surface area contributed by atoms with Crippen molar-refractivity contribution in [3.63, 3.8) is 0 Å². The summed E-state index contributed by atoms with van der Waals surface area (Å²) in [5.74, 6) is 2.41. The summed E-state index contributed by atoms with van der Waals surface area (Å²) in [5.41, 5.74) is 2.31. The summed E-state index contributed by atoms with van der Waals surface area (Å²) in [6.07, 6.45) is 8.74. The van der Waals surface area contributed by atoms with E-state index in [-0.39, 0.29) is 0 Å². The van der Waals surface area contributed by atoms with E-state index in [9.17, 15) is 0 Å². The van der Waals surface area contributed by atoms with Crippen LogP contribution in [0, 0.1) is 0 Å². The SMILES string of the molecule is CCCCOc1ccc(-c2ncc(C3CC3)cn2)cc1. The summed E-state index contributed by atoms with van der Waals surface area (Å²) in [6, 6.07) is 8.02. The summed E-state index contributed by atoms with van der Waals surface area (Å²) in [7, 11) is 0. The van der Waals surface area contributed by atoms with Crippen LogP contribution in [0.5, 0.6) is 5.75 Å². The van der Waals surface area contributed by atoms with E-state index in [0.29, 0.717) is 5.92 Å². The Bertz CT molecular complexity index is 544. The van der Waals surface area contributed by atoms with Crippen molar-refractivity contribution in [3.8, 4) is 17.1 Å². The van der Waals surface area contributed by atoms with Crippen LogP contribution in [0.15, 0.2) is 36.7 Å². The Morgan fingerprint density at radius 2 is 1.80 bits per heavy atom. The van der Waals surface area contributed by atoms with Gasteiger partial charge in [-0.25, -0.2) is 9.97 Å². The average molecular weight is 268 g/mol. The molecule has 1 aromatic heterocycles. The highest BCUT2D eigenvalue weighted by atomic mass is 16.5. The van der Waals surface area contributed by atoms with Crippen LogP contribution >= 0.6 is 0 Å². The van der Waals surface area contributed by atoms with Crippen LogP contribution in [0.4, 0.5) is 0 Å². The lowest BCUT2D eigenvalue weighted by Gasteiger charge is -2.06. The molecule has 20 heavy (non-hydrogen) atoms. The van der Waals surface area contributed by atoms with Crippen molar-refractivity contribution in [3.05, 3.63) is 42.2 Å². The van der Waals surface area contributed by atoms with Gasteiger partial charge in [0.05, 0.1) is 6.61 Å². The lowest BCUT2D eigenvalue weighted by Crippen LogP contribution is -1.96. The van der Waals surface area contributed by atoms with Gasteiger partial charge in [-0.3, -0.25) is 0 Å². The maximum atomic E-state index is 5.66. The van der Waals surface area contributed by atoms with Crippen molar-refractivity contribution in [2.45, 2.75) is 38.5 Å². The zero-order valence-electron chi connectivity index (χ0n) is 11.9. The Labute approximate surface area is 120 Å². The van der Waals surface area contributed by atoms with Crippen molar-refractivity contribution < 1.29 is 4.74 Å². The van der Waals surface area contributed by atoms with Crippen molar-refractivity contribution in [2.24, 2.45) is 0 Å². The maximum Gasteiger partial charge on any atom is 0.159 e. The van der Waals surface area contributed by atoms with Gasteiger partial charge < -0.3 is 4.74 Å². The molecule has 0 bridgehead atoms. The molecule has 104 valence electrons. The molecular formula is C17H20N2O. The molecule has 1 saturated carbocycles. The number of unbranched alkanes of at least 4 members (excludes halogenated alkanes) is 1. The van der Waals surface area contributed by atoms with Crippen molar-refractivity contribution in [2.75, 3.05) is 6.61 Å². The molecule has 1 aromatic carbocycles. The molecule has 3 heteroatoms. The van der Waals surface area contributed by atoms with Crippen LogP contribution in [0.1, 0.15) is 44.1 Å². The predicted octanol–water partition coefficient (Wildman–Crippen LogP) is 4.20. The molecular weight excluding hydrogens is 248 g/mol. The molecule has 1 heterocycles. The van der Waals surface area contributed by atoms with Gasteiger partial charge in [-0.05, 0) is 55.0 Å². The van der Waals surface area contributed by atoms with E-state index in [1.54, 1.807) is 0 Å². The van der Waals surface area contributed by atoms with Crippen molar-refractivity contribution >= 4 is 0 Å². The zero-order chi connectivity index (χ0) is 13.8. The van der Waals surface area contributed by atoms with Crippen LogP contribution in [0.25, 0.3) is 11.4 Å².